The van der Waals surface area contributed by atoms with E-state index in [9.17, 15) is 10.2 Å². The van der Waals surface area contributed by atoms with E-state index < -0.39 is 0 Å². The van der Waals surface area contributed by atoms with Gasteiger partial charge in [-0.3, -0.25) is 0 Å². The van der Waals surface area contributed by atoms with Gasteiger partial charge in [0, 0.05) is 17.9 Å². The normalized spacial score (nSPS) is 14.5. The summed E-state index contributed by atoms with van der Waals surface area (Å²) in [6, 6.07) is 18.8. The van der Waals surface area contributed by atoms with Crippen molar-refractivity contribution in [2.24, 2.45) is 0 Å². The lowest BCUT2D eigenvalue weighted by Gasteiger charge is -2.28. The smallest absolute Gasteiger partial charge is 0.0525 e. The van der Waals surface area contributed by atoms with E-state index in [-0.39, 0.29) is 24.5 Å². The van der Waals surface area contributed by atoms with Crippen molar-refractivity contribution in [3.8, 4) is 0 Å². The number of hydrogen-bond acceptors (Lipinski definition) is 3. The van der Waals surface area contributed by atoms with Crippen molar-refractivity contribution in [3.05, 3.63) is 71.3 Å². The second-order valence-electron chi connectivity index (χ2n) is 8.39. The van der Waals surface area contributed by atoms with E-state index in [0.29, 0.717) is 0 Å². The Balaban J connectivity index is 1.57. The van der Waals surface area contributed by atoms with E-state index in [1.807, 2.05) is 17.8 Å². The van der Waals surface area contributed by atoms with Crippen LogP contribution in [0.1, 0.15) is 68.1 Å². The Kier molecular flexibility index (Phi) is 10.8. The molecule has 2 atom stereocenters. The van der Waals surface area contributed by atoms with Gasteiger partial charge in [-0.1, -0.05) is 74.4 Å². The molecule has 0 saturated carbocycles. The lowest BCUT2D eigenvalue weighted by atomic mass is 9.79. The number of aliphatic hydroxyl groups is 2. The summed E-state index contributed by atoms with van der Waals surface area (Å²) >= 11 is 2.04. The van der Waals surface area contributed by atoms with Gasteiger partial charge in [0.2, 0.25) is 0 Å². The molecule has 0 aromatic heterocycles. The Morgan fingerprint density at radius 1 is 0.862 bits per heavy atom. The number of rotatable bonds is 14. The molecule has 0 fully saturated rings. The Bertz CT molecular complexity index is 688. The molecule has 0 aliphatic heterocycles. The van der Waals surface area contributed by atoms with E-state index in [4.69, 9.17) is 0 Å². The summed E-state index contributed by atoms with van der Waals surface area (Å²) in [7, 11) is 0. The minimum atomic E-state index is -0.124. The fourth-order valence-electron chi connectivity index (χ4n) is 3.96. The topological polar surface area (TPSA) is 40.5 Å². The maximum absolute atomic E-state index is 9.88. The number of aryl methyl sites for hydroxylation is 1. The number of thioether (sulfide) groups is 1. The van der Waals surface area contributed by atoms with Crippen molar-refractivity contribution >= 4 is 11.8 Å². The van der Waals surface area contributed by atoms with Crippen LogP contribution in [0.25, 0.3) is 0 Å². The summed E-state index contributed by atoms with van der Waals surface area (Å²) in [5.41, 5.74) is 3.70. The van der Waals surface area contributed by atoms with Crippen molar-refractivity contribution in [3.63, 3.8) is 0 Å². The van der Waals surface area contributed by atoms with Crippen molar-refractivity contribution in [2.45, 2.75) is 63.7 Å². The highest BCUT2D eigenvalue weighted by Crippen LogP contribution is 2.29. The summed E-state index contributed by atoms with van der Waals surface area (Å²) in [5, 5.41) is 19.6. The van der Waals surface area contributed by atoms with E-state index in [0.717, 1.165) is 19.3 Å². The molecule has 3 heteroatoms. The molecule has 0 saturated heterocycles. The first-order chi connectivity index (χ1) is 14.1. The Hall–Kier alpha value is -1.29. The standard InChI is InChI=1S/C26H38O2S/c1-22-12-6-7-16-25(22)23(20-27)13-8-10-18-29-19-11-9-17-26(2,21-28)24-14-4-3-5-15-24/h3-7,12,14-16,23,27-28H,8-11,13,17-21H2,1-2H3. The SMILES string of the molecule is Cc1ccccc1C(CO)CCCCSCCCCC(C)(CO)c1ccccc1. The molecule has 29 heavy (non-hydrogen) atoms. The molecule has 0 aliphatic carbocycles. The second kappa shape index (κ2) is 13.1. The summed E-state index contributed by atoms with van der Waals surface area (Å²) < 4.78 is 0. The summed E-state index contributed by atoms with van der Waals surface area (Å²) in [6.07, 6.45) is 6.83. The molecule has 160 valence electrons. The van der Waals surface area contributed by atoms with E-state index in [1.54, 1.807) is 0 Å². The molecule has 0 heterocycles. The molecular formula is C26H38O2S. The first kappa shape index (κ1) is 24.0. The molecule has 2 aromatic rings. The van der Waals surface area contributed by atoms with E-state index >= 15 is 0 Å². The molecule has 2 nitrogen and oxygen atoms in total. The van der Waals surface area contributed by atoms with Crippen LogP contribution in [-0.4, -0.2) is 34.9 Å². The van der Waals surface area contributed by atoms with Crippen LogP contribution in [0.4, 0.5) is 0 Å². The summed E-state index contributed by atoms with van der Waals surface area (Å²) in [5.74, 6) is 2.66. The third kappa shape index (κ3) is 7.81. The zero-order valence-electron chi connectivity index (χ0n) is 18.1. The van der Waals surface area contributed by atoms with Gasteiger partial charge in [0.15, 0.2) is 0 Å². The third-order valence-electron chi connectivity index (χ3n) is 6.03. The van der Waals surface area contributed by atoms with Gasteiger partial charge in [0.05, 0.1) is 6.61 Å². The van der Waals surface area contributed by atoms with Crippen LogP contribution in [0.15, 0.2) is 54.6 Å². The fraction of sp³-hybridized carbons (Fsp3) is 0.538. The average molecular weight is 415 g/mol. The molecule has 2 N–H and O–H groups in total. The lowest BCUT2D eigenvalue weighted by Crippen LogP contribution is -2.26. The van der Waals surface area contributed by atoms with Gasteiger partial charge >= 0.3 is 0 Å². The van der Waals surface area contributed by atoms with Gasteiger partial charge in [-0.25, -0.2) is 0 Å². The number of aliphatic hydroxyl groups excluding tert-OH is 2. The maximum Gasteiger partial charge on any atom is 0.0525 e. The van der Waals surface area contributed by atoms with Crippen molar-refractivity contribution < 1.29 is 10.2 Å². The van der Waals surface area contributed by atoms with Crippen molar-refractivity contribution in [1.82, 2.24) is 0 Å². The van der Waals surface area contributed by atoms with Crippen molar-refractivity contribution in [1.29, 1.82) is 0 Å². The Morgan fingerprint density at radius 2 is 1.52 bits per heavy atom. The number of unbranched alkanes of at least 4 members (excludes halogenated alkanes) is 2. The van der Waals surface area contributed by atoms with Gasteiger partial charge in [0.25, 0.3) is 0 Å². The zero-order valence-corrected chi connectivity index (χ0v) is 19.0. The molecule has 0 spiro atoms. The molecule has 0 aliphatic rings. The molecule has 0 amide bonds. The first-order valence-electron chi connectivity index (χ1n) is 11.0. The van der Waals surface area contributed by atoms with Gasteiger partial charge in [0.1, 0.15) is 0 Å². The third-order valence-corrected chi connectivity index (χ3v) is 7.18. The fourth-order valence-corrected chi connectivity index (χ4v) is 4.98. The van der Waals surface area contributed by atoms with E-state index in [2.05, 4.69) is 62.4 Å². The van der Waals surface area contributed by atoms with Crippen LogP contribution in [0, 0.1) is 6.92 Å². The predicted molar refractivity (Wildman–Crippen MR) is 127 cm³/mol. The summed E-state index contributed by atoms with van der Waals surface area (Å²) in [6.45, 7) is 4.75. The highest BCUT2D eigenvalue weighted by molar-refractivity contribution is 7.99. The van der Waals surface area contributed by atoms with Crippen LogP contribution in [0.2, 0.25) is 0 Å². The van der Waals surface area contributed by atoms with Crippen LogP contribution < -0.4 is 0 Å². The highest BCUT2D eigenvalue weighted by Gasteiger charge is 2.24. The van der Waals surface area contributed by atoms with Crippen LogP contribution >= 0.6 is 11.8 Å². The molecule has 0 bridgehead atoms. The lowest BCUT2D eigenvalue weighted by molar-refractivity contribution is 0.194. The number of hydrogen-bond donors (Lipinski definition) is 2. The zero-order chi connectivity index (χ0) is 21.0. The molecule has 2 unspecified atom stereocenters. The van der Waals surface area contributed by atoms with Crippen LogP contribution in [0.3, 0.4) is 0 Å². The monoisotopic (exact) mass is 414 g/mol. The molecule has 2 rings (SSSR count). The minimum absolute atomic E-state index is 0.124. The Labute approximate surface area is 181 Å². The van der Waals surface area contributed by atoms with Gasteiger partial charge in [-0.2, -0.15) is 11.8 Å². The van der Waals surface area contributed by atoms with Gasteiger partial charge in [-0.15, -0.1) is 0 Å². The van der Waals surface area contributed by atoms with E-state index in [1.165, 1.54) is 47.5 Å². The minimum Gasteiger partial charge on any atom is -0.396 e. The van der Waals surface area contributed by atoms with Crippen LogP contribution in [-0.2, 0) is 5.41 Å². The number of benzene rings is 2. The van der Waals surface area contributed by atoms with Gasteiger partial charge in [-0.05, 0) is 60.8 Å². The Morgan fingerprint density at radius 3 is 2.17 bits per heavy atom. The van der Waals surface area contributed by atoms with Crippen LogP contribution in [0.5, 0.6) is 0 Å². The molecule has 0 radical (unpaired) electrons. The quantitative estimate of drug-likeness (QED) is 0.367. The maximum atomic E-state index is 9.88. The average Bonchev–Trinajstić information content (AvgIpc) is 2.76. The van der Waals surface area contributed by atoms with Crippen molar-refractivity contribution in [2.75, 3.05) is 24.7 Å². The molecular weight excluding hydrogens is 376 g/mol. The predicted octanol–water partition coefficient (Wildman–Crippen LogP) is 6.09. The largest absolute Gasteiger partial charge is 0.396 e. The second-order valence-corrected chi connectivity index (χ2v) is 9.61. The van der Waals surface area contributed by atoms with Gasteiger partial charge < -0.3 is 10.2 Å². The first-order valence-corrected chi connectivity index (χ1v) is 12.2. The summed E-state index contributed by atoms with van der Waals surface area (Å²) in [4.78, 5) is 0. The molecule has 2 aromatic carbocycles. The highest BCUT2D eigenvalue weighted by atomic mass is 32.2.